The maximum Gasteiger partial charge on any atom is 0.248 e. The number of fused-ring (bicyclic) bond motifs is 1. The second-order valence-corrected chi connectivity index (χ2v) is 7.38. The Morgan fingerprint density at radius 3 is 2.55 bits per heavy atom. The molecule has 0 saturated heterocycles. The highest BCUT2D eigenvalue weighted by Crippen LogP contribution is 2.37. The first kappa shape index (κ1) is 19.3. The fourth-order valence-corrected chi connectivity index (χ4v) is 3.84. The summed E-state index contributed by atoms with van der Waals surface area (Å²) in [4.78, 5) is 16.8. The quantitative estimate of drug-likeness (QED) is 0.652. The molecule has 3 aromatic rings. The third-order valence-electron chi connectivity index (χ3n) is 4.72. The lowest BCUT2D eigenvalue weighted by Crippen LogP contribution is -2.31. The van der Waals surface area contributed by atoms with Gasteiger partial charge in [-0.3, -0.25) is 4.79 Å². The Balaban J connectivity index is 1.87. The van der Waals surface area contributed by atoms with Crippen LogP contribution in [0.25, 0.3) is 11.4 Å². The molecule has 1 aliphatic heterocycles. The van der Waals surface area contributed by atoms with Gasteiger partial charge in [-0.05, 0) is 42.8 Å². The van der Waals surface area contributed by atoms with Crippen LogP contribution >= 0.6 is 23.2 Å². The van der Waals surface area contributed by atoms with Gasteiger partial charge in [-0.25, -0.2) is 4.68 Å². The van der Waals surface area contributed by atoms with Crippen molar-refractivity contribution in [2.75, 3.05) is 12.4 Å². The van der Waals surface area contributed by atoms with E-state index in [0.717, 1.165) is 5.56 Å². The Kier molecular flexibility index (Phi) is 4.94. The summed E-state index contributed by atoms with van der Waals surface area (Å²) in [5.74, 6) is 1.06. The normalized spacial score (nSPS) is 15.7. The number of amides is 1. The van der Waals surface area contributed by atoms with Crippen LogP contribution in [0, 0.1) is 0 Å². The van der Waals surface area contributed by atoms with Crippen LogP contribution in [-0.2, 0) is 4.79 Å². The number of hydrogen-bond acceptors (Lipinski definition) is 5. The molecule has 0 fully saturated rings. The molecular formula is C20H17Cl2N5O2. The molecule has 4 rings (SSSR count). The second-order valence-electron chi connectivity index (χ2n) is 6.53. The van der Waals surface area contributed by atoms with Gasteiger partial charge in [0, 0.05) is 16.3 Å². The molecule has 1 amide bonds. The molecule has 0 aliphatic carbocycles. The van der Waals surface area contributed by atoms with E-state index < -0.39 is 11.9 Å². The maximum absolute atomic E-state index is 12.3. The van der Waals surface area contributed by atoms with Crippen LogP contribution in [-0.4, -0.2) is 27.8 Å². The van der Waals surface area contributed by atoms with Crippen molar-refractivity contribution in [3.05, 3.63) is 69.3 Å². The van der Waals surface area contributed by atoms with E-state index in [-0.39, 0.29) is 0 Å². The van der Waals surface area contributed by atoms with Gasteiger partial charge in [-0.15, -0.1) is 5.10 Å². The molecule has 1 aliphatic rings. The number of aromatic nitrogens is 3. The van der Waals surface area contributed by atoms with Gasteiger partial charge < -0.3 is 15.8 Å². The number of halogens is 2. The highest BCUT2D eigenvalue weighted by Gasteiger charge is 2.33. The number of benzene rings is 2. The lowest BCUT2D eigenvalue weighted by molar-refractivity contribution is -0.115. The van der Waals surface area contributed by atoms with Crippen molar-refractivity contribution in [1.82, 2.24) is 14.8 Å². The highest BCUT2D eigenvalue weighted by atomic mass is 35.5. The number of nitrogens with two attached hydrogens (primary N) is 1. The highest BCUT2D eigenvalue weighted by molar-refractivity contribution is 6.36. The SMILES string of the molecule is COc1ccc(C2C(C(N)=O)=C(C)Nc3nc(-c4ccc(Cl)cc4Cl)nn32)cc1. The Bertz CT molecular complexity index is 1140. The van der Waals surface area contributed by atoms with Crippen molar-refractivity contribution in [1.29, 1.82) is 0 Å². The zero-order valence-electron chi connectivity index (χ0n) is 15.6. The molecule has 1 aromatic heterocycles. The van der Waals surface area contributed by atoms with Gasteiger partial charge in [0.1, 0.15) is 11.8 Å². The van der Waals surface area contributed by atoms with E-state index in [1.165, 1.54) is 0 Å². The minimum atomic E-state index is -0.540. The van der Waals surface area contributed by atoms with Gasteiger partial charge >= 0.3 is 0 Å². The van der Waals surface area contributed by atoms with Gasteiger partial charge in [0.2, 0.25) is 11.9 Å². The minimum absolute atomic E-state index is 0.404. The van der Waals surface area contributed by atoms with Crippen molar-refractivity contribution in [3.8, 4) is 17.1 Å². The summed E-state index contributed by atoms with van der Waals surface area (Å²) in [6.07, 6.45) is 0. The van der Waals surface area contributed by atoms with Crippen LogP contribution in [0.5, 0.6) is 5.75 Å². The summed E-state index contributed by atoms with van der Waals surface area (Å²) >= 11 is 12.3. The van der Waals surface area contributed by atoms with Crippen LogP contribution < -0.4 is 15.8 Å². The number of allylic oxidation sites excluding steroid dienone is 1. The average Bonchev–Trinajstić information content (AvgIpc) is 3.09. The van der Waals surface area contributed by atoms with Gasteiger partial charge in [0.25, 0.3) is 0 Å². The summed E-state index contributed by atoms with van der Waals surface area (Å²) in [6, 6.07) is 11.9. The molecule has 0 spiro atoms. The molecule has 1 unspecified atom stereocenters. The van der Waals surface area contributed by atoms with Crippen molar-refractivity contribution >= 4 is 35.1 Å². The number of ether oxygens (including phenoxy) is 1. The minimum Gasteiger partial charge on any atom is -0.497 e. The number of carbonyl (C=O) groups is 1. The van der Waals surface area contributed by atoms with Crippen LogP contribution in [0.2, 0.25) is 10.0 Å². The smallest absolute Gasteiger partial charge is 0.248 e. The lowest BCUT2D eigenvalue weighted by Gasteiger charge is -2.27. The standard InChI is InChI=1S/C20H17Cl2N5O2/c1-10-16(18(23)28)17(11-3-6-13(29-2)7-4-11)27-20(24-10)25-19(26-27)14-8-5-12(21)9-15(14)22/h3-9,17H,1-2H3,(H2,23,28)(H,24,25,26). The fraction of sp³-hybridized carbons (Fsp3) is 0.150. The first-order valence-corrected chi connectivity index (χ1v) is 9.48. The average molecular weight is 430 g/mol. The fourth-order valence-electron chi connectivity index (χ4n) is 3.35. The van der Waals surface area contributed by atoms with E-state index in [2.05, 4.69) is 15.4 Å². The largest absolute Gasteiger partial charge is 0.497 e. The Labute approximate surface area is 177 Å². The van der Waals surface area contributed by atoms with Gasteiger partial charge in [0.15, 0.2) is 5.82 Å². The van der Waals surface area contributed by atoms with E-state index in [1.807, 2.05) is 24.3 Å². The van der Waals surface area contributed by atoms with Crippen molar-refractivity contribution in [2.45, 2.75) is 13.0 Å². The van der Waals surface area contributed by atoms with Crippen LogP contribution in [0.1, 0.15) is 18.5 Å². The zero-order chi connectivity index (χ0) is 20.7. The molecule has 2 aromatic carbocycles. The Morgan fingerprint density at radius 2 is 1.93 bits per heavy atom. The number of rotatable bonds is 4. The number of nitrogens with one attached hydrogen (secondary N) is 1. The summed E-state index contributed by atoms with van der Waals surface area (Å²) in [6.45, 7) is 1.78. The molecule has 0 saturated carbocycles. The van der Waals surface area contributed by atoms with E-state index >= 15 is 0 Å². The lowest BCUT2D eigenvalue weighted by atomic mass is 9.95. The molecule has 2 heterocycles. The van der Waals surface area contributed by atoms with Gasteiger partial charge in [0.05, 0.1) is 17.7 Å². The number of hydrogen-bond donors (Lipinski definition) is 2. The third-order valence-corrected chi connectivity index (χ3v) is 5.27. The summed E-state index contributed by atoms with van der Waals surface area (Å²) in [5, 5.41) is 8.68. The van der Waals surface area contributed by atoms with E-state index in [9.17, 15) is 4.79 Å². The molecule has 0 bridgehead atoms. The number of carbonyl (C=O) groups excluding carboxylic acids is 1. The van der Waals surface area contributed by atoms with Crippen LogP contribution in [0.15, 0.2) is 53.7 Å². The molecule has 148 valence electrons. The predicted molar refractivity (Wildman–Crippen MR) is 112 cm³/mol. The zero-order valence-corrected chi connectivity index (χ0v) is 17.1. The Hall–Kier alpha value is -3.03. The van der Waals surface area contributed by atoms with Crippen molar-refractivity contribution < 1.29 is 9.53 Å². The number of primary amides is 1. The maximum atomic E-state index is 12.3. The first-order chi connectivity index (χ1) is 13.9. The number of anilines is 1. The molecule has 0 radical (unpaired) electrons. The van der Waals surface area contributed by atoms with Gasteiger partial charge in [-0.1, -0.05) is 35.3 Å². The first-order valence-electron chi connectivity index (χ1n) is 8.72. The number of methoxy groups -OCH3 is 1. The van der Waals surface area contributed by atoms with Crippen molar-refractivity contribution in [2.24, 2.45) is 5.73 Å². The molecular weight excluding hydrogens is 413 g/mol. The van der Waals surface area contributed by atoms with Crippen LogP contribution in [0.3, 0.4) is 0 Å². The molecule has 3 N–H and O–H groups in total. The molecule has 9 heteroatoms. The van der Waals surface area contributed by atoms with Crippen LogP contribution in [0.4, 0.5) is 5.95 Å². The van der Waals surface area contributed by atoms with E-state index in [1.54, 1.807) is 36.9 Å². The monoisotopic (exact) mass is 429 g/mol. The van der Waals surface area contributed by atoms with E-state index in [0.29, 0.717) is 44.4 Å². The third kappa shape index (κ3) is 3.43. The summed E-state index contributed by atoms with van der Waals surface area (Å²) < 4.78 is 6.86. The summed E-state index contributed by atoms with van der Waals surface area (Å²) in [5.41, 5.74) is 8.17. The summed E-state index contributed by atoms with van der Waals surface area (Å²) in [7, 11) is 1.59. The van der Waals surface area contributed by atoms with E-state index in [4.69, 9.17) is 33.7 Å². The molecule has 7 nitrogen and oxygen atoms in total. The topological polar surface area (TPSA) is 95.1 Å². The number of nitrogens with zero attached hydrogens (tertiary/aromatic N) is 3. The van der Waals surface area contributed by atoms with Gasteiger partial charge in [-0.2, -0.15) is 4.98 Å². The molecule has 1 atom stereocenters. The Morgan fingerprint density at radius 1 is 1.21 bits per heavy atom. The van der Waals surface area contributed by atoms with Crippen molar-refractivity contribution in [3.63, 3.8) is 0 Å². The second kappa shape index (κ2) is 7.42. The predicted octanol–water partition coefficient (Wildman–Crippen LogP) is 4.03. The molecule has 29 heavy (non-hydrogen) atoms.